The van der Waals surface area contributed by atoms with Gasteiger partial charge in [0, 0.05) is 31.5 Å². The van der Waals surface area contributed by atoms with Crippen molar-refractivity contribution < 1.29 is 28.2 Å². The number of para-hydroxylation sites is 1. The molecule has 1 unspecified atom stereocenters. The van der Waals surface area contributed by atoms with Crippen molar-refractivity contribution in [1.29, 1.82) is 0 Å². The second kappa shape index (κ2) is 10.4. The first-order valence-corrected chi connectivity index (χ1v) is 12.5. The number of amides is 1. The van der Waals surface area contributed by atoms with Gasteiger partial charge in [-0.15, -0.1) is 0 Å². The standard InChI is InChI=1S/C27H28F2N4O5/c1-37-19-4-3-5-20(38-2)24(19)33-21(9-8-15-6-7-15)31-25(34)22(27(33)36)26(35)32-11-10-16(14-32)23-18(29)12-17(28)13-30-23/h3-5,12-13,15-16,36H,6-11,14H2,1-2H3. The minimum atomic E-state index is -0.849. The molecule has 1 aromatic carbocycles. The number of aryl methyl sites for hydroxylation is 1. The average molecular weight is 527 g/mol. The van der Waals surface area contributed by atoms with Crippen molar-refractivity contribution in [3.05, 3.63) is 69.5 Å². The third-order valence-electron chi connectivity index (χ3n) is 7.15. The van der Waals surface area contributed by atoms with Crippen LogP contribution in [0.5, 0.6) is 17.4 Å². The molecule has 11 heteroatoms. The van der Waals surface area contributed by atoms with Crippen LogP contribution in [0.2, 0.25) is 0 Å². The SMILES string of the molecule is COc1cccc(OC)c1-n1c(CCC2CC2)nc(=O)c(C(=O)N2CCC(c3ncc(F)cc3F)C2)c1O. The molecule has 5 rings (SSSR count). The van der Waals surface area contributed by atoms with Crippen molar-refractivity contribution in [2.75, 3.05) is 27.3 Å². The molecule has 1 atom stereocenters. The summed E-state index contributed by atoms with van der Waals surface area (Å²) in [6.07, 6.45) is 4.68. The maximum Gasteiger partial charge on any atom is 0.289 e. The van der Waals surface area contributed by atoms with Gasteiger partial charge in [0.1, 0.15) is 34.6 Å². The fourth-order valence-corrected chi connectivity index (χ4v) is 4.99. The molecule has 1 N–H and O–H groups in total. The number of aromatic nitrogens is 3. The van der Waals surface area contributed by atoms with Crippen LogP contribution in [0.15, 0.2) is 35.3 Å². The van der Waals surface area contributed by atoms with E-state index in [2.05, 4.69) is 9.97 Å². The lowest BCUT2D eigenvalue weighted by molar-refractivity contribution is 0.0783. The topological polar surface area (TPSA) is 107 Å². The maximum atomic E-state index is 14.3. The summed E-state index contributed by atoms with van der Waals surface area (Å²) in [5.74, 6) is -1.84. The number of rotatable bonds is 8. The van der Waals surface area contributed by atoms with Gasteiger partial charge in [-0.05, 0) is 30.9 Å². The highest BCUT2D eigenvalue weighted by Gasteiger charge is 2.35. The lowest BCUT2D eigenvalue weighted by Crippen LogP contribution is -2.35. The molecule has 1 saturated carbocycles. The van der Waals surface area contributed by atoms with E-state index in [0.29, 0.717) is 35.9 Å². The molecule has 1 amide bonds. The van der Waals surface area contributed by atoms with Crippen LogP contribution in [-0.2, 0) is 6.42 Å². The fraction of sp³-hybridized carbons (Fsp3) is 0.407. The van der Waals surface area contributed by atoms with Crippen LogP contribution >= 0.6 is 0 Å². The molecule has 2 aliphatic rings. The number of methoxy groups -OCH3 is 2. The zero-order chi connectivity index (χ0) is 27.0. The van der Waals surface area contributed by atoms with Crippen LogP contribution in [-0.4, -0.2) is 57.8 Å². The molecule has 2 fully saturated rings. The van der Waals surface area contributed by atoms with Gasteiger partial charge < -0.3 is 19.5 Å². The van der Waals surface area contributed by atoms with E-state index in [4.69, 9.17) is 9.47 Å². The summed E-state index contributed by atoms with van der Waals surface area (Å²) in [7, 11) is 2.93. The predicted octanol–water partition coefficient (Wildman–Crippen LogP) is 3.60. The van der Waals surface area contributed by atoms with E-state index in [0.717, 1.165) is 31.5 Å². The third kappa shape index (κ3) is 4.80. The molecule has 1 aliphatic carbocycles. The van der Waals surface area contributed by atoms with Crippen molar-refractivity contribution in [1.82, 2.24) is 19.4 Å². The molecule has 2 aromatic heterocycles. The smallest absolute Gasteiger partial charge is 0.289 e. The van der Waals surface area contributed by atoms with Gasteiger partial charge in [-0.3, -0.25) is 19.1 Å². The number of hydrogen-bond acceptors (Lipinski definition) is 7. The predicted molar refractivity (Wildman–Crippen MR) is 133 cm³/mol. The summed E-state index contributed by atoms with van der Waals surface area (Å²) in [4.78, 5) is 36.1. The van der Waals surface area contributed by atoms with Gasteiger partial charge in [-0.2, -0.15) is 4.98 Å². The molecular weight excluding hydrogens is 498 g/mol. The van der Waals surface area contributed by atoms with E-state index in [-0.39, 0.29) is 24.6 Å². The van der Waals surface area contributed by atoms with E-state index in [1.165, 1.54) is 23.7 Å². The summed E-state index contributed by atoms with van der Waals surface area (Å²) in [5.41, 5.74) is -0.978. The minimum Gasteiger partial charge on any atom is -0.494 e. The van der Waals surface area contributed by atoms with Gasteiger partial charge in [0.15, 0.2) is 5.56 Å². The first-order valence-electron chi connectivity index (χ1n) is 12.5. The summed E-state index contributed by atoms with van der Waals surface area (Å²) in [5, 5.41) is 11.5. The van der Waals surface area contributed by atoms with Gasteiger partial charge in [0.25, 0.3) is 11.5 Å². The second-order valence-electron chi connectivity index (χ2n) is 9.62. The molecule has 0 bridgehead atoms. The largest absolute Gasteiger partial charge is 0.494 e. The average Bonchev–Trinajstić information content (AvgIpc) is 3.61. The number of aromatic hydroxyl groups is 1. The van der Waals surface area contributed by atoms with Crippen LogP contribution in [0.3, 0.4) is 0 Å². The van der Waals surface area contributed by atoms with Crippen LogP contribution in [0, 0.1) is 17.6 Å². The number of pyridine rings is 1. The first-order chi connectivity index (χ1) is 18.3. The maximum absolute atomic E-state index is 14.3. The van der Waals surface area contributed by atoms with Crippen molar-refractivity contribution in [3.63, 3.8) is 0 Å². The Morgan fingerprint density at radius 1 is 1.16 bits per heavy atom. The Labute approximate surface area is 217 Å². The number of benzene rings is 1. The molecule has 9 nitrogen and oxygen atoms in total. The molecule has 1 aliphatic heterocycles. The second-order valence-corrected chi connectivity index (χ2v) is 9.62. The lowest BCUT2D eigenvalue weighted by atomic mass is 10.0. The summed E-state index contributed by atoms with van der Waals surface area (Å²) < 4.78 is 40.0. The Morgan fingerprint density at radius 2 is 1.87 bits per heavy atom. The van der Waals surface area contributed by atoms with E-state index in [1.807, 2.05) is 0 Å². The van der Waals surface area contributed by atoms with Crippen molar-refractivity contribution >= 4 is 5.91 Å². The number of nitrogens with zero attached hydrogens (tertiary/aromatic N) is 4. The Morgan fingerprint density at radius 3 is 2.50 bits per heavy atom. The van der Waals surface area contributed by atoms with E-state index in [1.54, 1.807) is 18.2 Å². The third-order valence-corrected chi connectivity index (χ3v) is 7.15. The van der Waals surface area contributed by atoms with E-state index >= 15 is 0 Å². The van der Waals surface area contributed by atoms with Crippen LogP contribution < -0.4 is 15.0 Å². The highest BCUT2D eigenvalue weighted by molar-refractivity contribution is 5.96. The number of halogens is 2. The van der Waals surface area contributed by atoms with Crippen LogP contribution in [0.1, 0.15) is 53.5 Å². The quantitative estimate of drug-likeness (QED) is 0.478. The number of ether oxygens (including phenoxy) is 2. The van der Waals surface area contributed by atoms with Crippen molar-refractivity contribution in [3.8, 4) is 23.1 Å². The molecular formula is C27H28F2N4O5. The van der Waals surface area contributed by atoms with E-state index in [9.17, 15) is 23.5 Å². The Hall–Kier alpha value is -4.02. The lowest BCUT2D eigenvalue weighted by Gasteiger charge is -2.22. The molecule has 3 heterocycles. The zero-order valence-electron chi connectivity index (χ0n) is 21.1. The van der Waals surface area contributed by atoms with Crippen LogP contribution in [0.25, 0.3) is 5.69 Å². The van der Waals surface area contributed by atoms with Gasteiger partial charge in [-0.1, -0.05) is 18.9 Å². The van der Waals surface area contributed by atoms with Gasteiger partial charge in [0.2, 0.25) is 5.88 Å². The summed E-state index contributed by atoms with van der Waals surface area (Å²) in [6.45, 7) is 0.247. The molecule has 0 radical (unpaired) electrons. The fourth-order valence-electron chi connectivity index (χ4n) is 4.99. The highest BCUT2D eigenvalue weighted by Crippen LogP contribution is 2.39. The molecule has 38 heavy (non-hydrogen) atoms. The van der Waals surface area contributed by atoms with Gasteiger partial charge >= 0.3 is 0 Å². The molecule has 0 spiro atoms. The highest BCUT2D eigenvalue weighted by atomic mass is 19.1. The van der Waals surface area contributed by atoms with Gasteiger partial charge in [-0.25, -0.2) is 8.78 Å². The van der Waals surface area contributed by atoms with Crippen molar-refractivity contribution in [2.24, 2.45) is 5.92 Å². The summed E-state index contributed by atoms with van der Waals surface area (Å²) in [6, 6.07) is 5.83. The Kier molecular flexibility index (Phi) is 7.00. The summed E-state index contributed by atoms with van der Waals surface area (Å²) >= 11 is 0. The molecule has 3 aromatic rings. The van der Waals surface area contributed by atoms with Crippen molar-refractivity contribution in [2.45, 2.75) is 38.0 Å². The monoisotopic (exact) mass is 526 g/mol. The van der Waals surface area contributed by atoms with E-state index < -0.39 is 40.5 Å². The number of hydrogen-bond donors (Lipinski definition) is 1. The number of carbonyl (C=O) groups is 1. The Bertz CT molecular complexity index is 1420. The normalized spacial score (nSPS) is 17.1. The van der Waals surface area contributed by atoms with Gasteiger partial charge in [0.05, 0.1) is 26.1 Å². The zero-order valence-corrected chi connectivity index (χ0v) is 21.1. The van der Waals surface area contributed by atoms with Crippen LogP contribution in [0.4, 0.5) is 8.78 Å². The minimum absolute atomic E-state index is 0.0503. The molecule has 200 valence electrons. The number of likely N-dealkylation sites (tertiary alicyclic amines) is 1. The molecule has 1 saturated heterocycles. The number of carbonyl (C=O) groups excluding carboxylic acids is 1. The Balaban J connectivity index is 1.55. The first kappa shape index (κ1) is 25.6.